The van der Waals surface area contributed by atoms with Crippen molar-refractivity contribution in [2.24, 2.45) is 0 Å². The van der Waals surface area contributed by atoms with Crippen LogP contribution in [-0.4, -0.2) is 37.2 Å². The van der Waals surface area contributed by atoms with Gasteiger partial charge in [-0.15, -0.1) is 0 Å². The highest BCUT2D eigenvalue weighted by Crippen LogP contribution is 2.24. The Bertz CT molecular complexity index is 764. The summed E-state index contributed by atoms with van der Waals surface area (Å²) in [4.78, 5) is 21.4. The molecule has 3 heterocycles. The Kier molecular flexibility index (Phi) is 5.42. The molecule has 4 rings (SSSR count). The van der Waals surface area contributed by atoms with E-state index in [1.807, 2.05) is 18.2 Å². The van der Waals surface area contributed by atoms with Crippen LogP contribution in [0.5, 0.6) is 0 Å². The summed E-state index contributed by atoms with van der Waals surface area (Å²) < 4.78 is 0. The van der Waals surface area contributed by atoms with Crippen LogP contribution in [0.2, 0.25) is 0 Å². The molecule has 142 valence electrons. The number of benzene rings is 1. The van der Waals surface area contributed by atoms with Gasteiger partial charge in [0.2, 0.25) is 0 Å². The lowest BCUT2D eigenvalue weighted by molar-refractivity contribution is 0.251. The summed E-state index contributed by atoms with van der Waals surface area (Å²) >= 11 is 0. The van der Waals surface area contributed by atoms with E-state index in [1.54, 1.807) is 6.20 Å². The summed E-state index contributed by atoms with van der Waals surface area (Å²) in [6.45, 7) is 4.83. The molecule has 2 amide bonds. The summed E-state index contributed by atoms with van der Waals surface area (Å²) in [6, 6.07) is 12.0. The number of anilines is 3. The molecule has 27 heavy (non-hydrogen) atoms. The maximum atomic E-state index is 12.3. The fraction of sp³-hybridized carbons (Fsp3) is 0.429. The van der Waals surface area contributed by atoms with Gasteiger partial charge in [0.25, 0.3) is 0 Å². The summed E-state index contributed by atoms with van der Waals surface area (Å²) in [7, 11) is 0. The van der Waals surface area contributed by atoms with E-state index in [1.165, 1.54) is 31.4 Å². The van der Waals surface area contributed by atoms with Crippen LogP contribution in [0.4, 0.5) is 22.0 Å². The largest absolute Gasteiger partial charge is 0.371 e. The van der Waals surface area contributed by atoms with E-state index in [-0.39, 0.29) is 6.03 Å². The van der Waals surface area contributed by atoms with Gasteiger partial charge in [-0.3, -0.25) is 0 Å². The SMILES string of the molecule is O=C(NCc1ccccc1N1CCCC1)Nc1ccc(N2CCCC2)nc1. The van der Waals surface area contributed by atoms with Gasteiger partial charge in [0.15, 0.2) is 0 Å². The Morgan fingerprint density at radius 1 is 0.926 bits per heavy atom. The topological polar surface area (TPSA) is 60.5 Å². The number of hydrogen-bond donors (Lipinski definition) is 2. The fourth-order valence-electron chi connectivity index (χ4n) is 3.87. The highest BCUT2D eigenvalue weighted by molar-refractivity contribution is 5.89. The molecule has 2 aliphatic rings. The van der Waals surface area contributed by atoms with Crippen molar-refractivity contribution in [3.8, 4) is 0 Å². The number of para-hydroxylation sites is 1. The number of urea groups is 1. The van der Waals surface area contributed by atoms with Crippen LogP contribution in [0.15, 0.2) is 42.6 Å². The fourth-order valence-corrected chi connectivity index (χ4v) is 3.87. The first kappa shape index (κ1) is 17.6. The number of aromatic nitrogens is 1. The van der Waals surface area contributed by atoms with E-state index >= 15 is 0 Å². The number of carbonyl (C=O) groups is 1. The lowest BCUT2D eigenvalue weighted by Gasteiger charge is -2.21. The van der Waals surface area contributed by atoms with Crippen molar-refractivity contribution in [3.63, 3.8) is 0 Å². The Labute approximate surface area is 160 Å². The number of rotatable bonds is 5. The van der Waals surface area contributed by atoms with E-state index in [2.05, 4.69) is 43.6 Å². The molecule has 6 nitrogen and oxygen atoms in total. The molecule has 2 fully saturated rings. The molecule has 0 saturated carbocycles. The number of amides is 2. The van der Waals surface area contributed by atoms with Gasteiger partial charge < -0.3 is 20.4 Å². The van der Waals surface area contributed by atoms with Crippen molar-refractivity contribution in [1.29, 1.82) is 0 Å². The minimum absolute atomic E-state index is 0.207. The maximum absolute atomic E-state index is 12.3. The number of nitrogens with zero attached hydrogens (tertiary/aromatic N) is 3. The van der Waals surface area contributed by atoms with Gasteiger partial charge in [0.05, 0.1) is 11.9 Å². The van der Waals surface area contributed by atoms with Crippen molar-refractivity contribution in [2.75, 3.05) is 41.3 Å². The highest BCUT2D eigenvalue weighted by atomic mass is 16.2. The van der Waals surface area contributed by atoms with Crippen molar-refractivity contribution < 1.29 is 4.79 Å². The third-order valence-electron chi connectivity index (χ3n) is 5.31. The zero-order valence-electron chi connectivity index (χ0n) is 15.7. The molecular weight excluding hydrogens is 338 g/mol. The van der Waals surface area contributed by atoms with Crippen molar-refractivity contribution >= 4 is 23.2 Å². The summed E-state index contributed by atoms with van der Waals surface area (Å²) in [5.41, 5.74) is 3.09. The van der Waals surface area contributed by atoms with E-state index in [4.69, 9.17) is 0 Å². The van der Waals surface area contributed by atoms with Crippen LogP contribution in [0.1, 0.15) is 31.2 Å². The van der Waals surface area contributed by atoms with E-state index < -0.39 is 0 Å². The second-order valence-electron chi connectivity index (χ2n) is 7.23. The third-order valence-corrected chi connectivity index (χ3v) is 5.31. The predicted molar refractivity (Wildman–Crippen MR) is 109 cm³/mol. The summed E-state index contributed by atoms with van der Waals surface area (Å²) in [5.74, 6) is 0.984. The molecule has 2 aromatic rings. The average Bonchev–Trinajstić information content (AvgIpc) is 3.41. The van der Waals surface area contributed by atoms with Crippen LogP contribution in [-0.2, 0) is 6.54 Å². The van der Waals surface area contributed by atoms with Gasteiger partial charge in [-0.2, -0.15) is 0 Å². The number of nitrogens with one attached hydrogen (secondary N) is 2. The molecule has 0 radical (unpaired) electrons. The summed E-state index contributed by atoms with van der Waals surface area (Å²) in [6.07, 6.45) is 6.66. The summed E-state index contributed by atoms with van der Waals surface area (Å²) in [5, 5.41) is 5.84. The highest BCUT2D eigenvalue weighted by Gasteiger charge is 2.16. The van der Waals surface area contributed by atoms with Crippen LogP contribution in [0, 0.1) is 0 Å². The number of carbonyl (C=O) groups excluding carboxylic acids is 1. The molecule has 0 aliphatic carbocycles. The first-order valence-electron chi connectivity index (χ1n) is 9.88. The Balaban J connectivity index is 1.32. The smallest absolute Gasteiger partial charge is 0.319 e. The van der Waals surface area contributed by atoms with Gasteiger partial charge in [0.1, 0.15) is 5.82 Å². The zero-order valence-corrected chi connectivity index (χ0v) is 15.7. The van der Waals surface area contributed by atoms with Gasteiger partial charge in [-0.25, -0.2) is 9.78 Å². The molecule has 0 unspecified atom stereocenters. The molecule has 1 aromatic heterocycles. The van der Waals surface area contributed by atoms with E-state index in [9.17, 15) is 4.79 Å². The van der Waals surface area contributed by atoms with Crippen LogP contribution < -0.4 is 20.4 Å². The Morgan fingerprint density at radius 2 is 1.63 bits per heavy atom. The standard InChI is InChI=1S/C21H27N5O/c27-21(24-18-9-10-20(22-16-18)26-13-5-6-14-26)23-15-17-7-1-2-8-19(17)25-11-3-4-12-25/h1-2,7-10,16H,3-6,11-15H2,(H2,23,24,27). The Morgan fingerprint density at radius 3 is 2.33 bits per heavy atom. The predicted octanol–water partition coefficient (Wildman–Crippen LogP) is 3.60. The second-order valence-corrected chi connectivity index (χ2v) is 7.23. The van der Waals surface area contributed by atoms with Gasteiger partial charge in [0, 0.05) is 38.4 Å². The third kappa shape index (κ3) is 4.32. The van der Waals surface area contributed by atoms with Crippen LogP contribution >= 0.6 is 0 Å². The van der Waals surface area contributed by atoms with Crippen LogP contribution in [0.3, 0.4) is 0 Å². The lowest BCUT2D eigenvalue weighted by Crippen LogP contribution is -2.29. The second kappa shape index (κ2) is 8.29. The van der Waals surface area contributed by atoms with Gasteiger partial charge >= 0.3 is 6.03 Å². The molecule has 2 aliphatic heterocycles. The maximum Gasteiger partial charge on any atom is 0.319 e. The number of pyridine rings is 1. The van der Waals surface area contributed by atoms with E-state index in [0.717, 1.165) is 37.6 Å². The van der Waals surface area contributed by atoms with Gasteiger partial charge in [-0.1, -0.05) is 18.2 Å². The van der Waals surface area contributed by atoms with Crippen molar-refractivity contribution in [3.05, 3.63) is 48.2 Å². The first-order chi connectivity index (χ1) is 13.3. The normalized spacial score (nSPS) is 16.6. The average molecular weight is 365 g/mol. The minimum Gasteiger partial charge on any atom is -0.371 e. The van der Waals surface area contributed by atoms with E-state index in [0.29, 0.717) is 12.2 Å². The van der Waals surface area contributed by atoms with Crippen LogP contribution in [0.25, 0.3) is 0 Å². The molecule has 1 aromatic carbocycles. The quantitative estimate of drug-likeness (QED) is 0.850. The first-order valence-corrected chi connectivity index (χ1v) is 9.88. The minimum atomic E-state index is -0.207. The van der Waals surface area contributed by atoms with Gasteiger partial charge in [-0.05, 0) is 49.4 Å². The molecule has 0 bridgehead atoms. The molecule has 6 heteroatoms. The molecule has 0 spiro atoms. The molecule has 0 atom stereocenters. The number of hydrogen-bond acceptors (Lipinski definition) is 4. The van der Waals surface area contributed by atoms with Crippen molar-refractivity contribution in [2.45, 2.75) is 32.2 Å². The molecule has 2 N–H and O–H groups in total. The lowest BCUT2D eigenvalue weighted by atomic mass is 10.1. The monoisotopic (exact) mass is 365 g/mol. The molecule has 2 saturated heterocycles. The Hall–Kier alpha value is -2.76. The zero-order chi connectivity index (χ0) is 18.5. The van der Waals surface area contributed by atoms with Crippen molar-refractivity contribution in [1.82, 2.24) is 10.3 Å². The molecular formula is C21H27N5O.